The van der Waals surface area contributed by atoms with Gasteiger partial charge in [-0.15, -0.1) is 5.10 Å². The lowest BCUT2D eigenvalue weighted by Crippen LogP contribution is -2.15. The zero-order valence-corrected chi connectivity index (χ0v) is 15.3. The van der Waals surface area contributed by atoms with E-state index in [9.17, 15) is 4.79 Å². The molecule has 1 aromatic heterocycles. The van der Waals surface area contributed by atoms with Crippen molar-refractivity contribution in [3.63, 3.8) is 0 Å². The number of halogens is 1. The number of hydrogen-bond donors (Lipinski definition) is 0. The molecule has 8 heteroatoms. The highest BCUT2D eigenvalue weighted by Gasteiger charge is 2.22. The number of fused-ring (bicyclic) bond motifs is 1. The fourth-order valence-corrected chi connectivity index (χ4v) is 2.85. The second kappa shape index (κ2) is 7.28. The lowest BCUT2D eigenvalue weighted by atomic mass is 10.1. The first-order valence-corrected chi connectivity index (χ1v) is 8.83. The maximum absolute atomic E-state index is 13.1. The first kappa shape index (κ1) is 17.4. The van der Waals surface area contributed by atoms with Gasteiger partial charge in [-0.25, -0.2) is 0 Å². The Balaban J connectivity index is 1.76. The van der Waals surface area contributed by atoms with E-state index in [0.29, 0.717) is 40.1 Å². The first-order valence-electron chi connectivity index (χ1n) is 8.46. The summed E-state index contributed by atoms with van der Waals surface area (Å²) < 4.78 is 17.4. The summed E-state index contributed by atoms with van der Waals surface area (Å²) in [5.74, 6) is 1.12. The van der Waals surface area contributed by atoms with Crippen LogP contribution in [0.25, 0.3) is 11.4 Å². The number of rotatable bonds is 5. The van der Waals surface area contributed by atoms with Crippen LogP contribution in [0.15, 0.2) is 42.5 Å². The molecule has 27 heavy (non-hydrogen) atoms. The zero-order valence-electron chi connectivity index (χ0n) is 14.5. The van der Waals surface area contributed by atoms with Crippen LogP contribution in [-0.4, -0.2) is 34.1 Å². The Kier molecular flexibility index (Phi) is 4.68. The third-order valence-electron chi connectivity index (χ3n) is 3.92. The molecule has 7 nitrogen and oxygen atoms in total. The number of carbonyl (C=O) groups is 1. The maximum Gasteiger partial charge on any atom is 0.336 e. The highest BCUT2D eigenvalue weighted by molar-refractivity contribution is 6.30. The topological polar surface area (TPSA) is 75.5 Å². The van der Waals surface area contributed by atoms with E-state index in [1.165, 1.54) is 4.68 Å². The fourth-order valence-electron chi connectivity index (χ4n) is 2.66. The number of benzene rings is 2. The molecular formula is C19H16ClN3O4. The van der Waals surface area contributed by atoms with E-state index in [2.05, 4.69) is 10.1 Å². The van der Waals surface area contributed by atoms with Crippen molar-refractivity contribution in [2.75, 3.05) is 13.4 Å². The van der Waals surface area contributed by atoms with E-state index >= 15 is 0 Å². The van der Waals surface area contributed by atoms with E-state index < -0.39 is 0 Å². The van der Waals surface area contributed by atoms with Crippen LogP contribution in [0, 0.1) is 0 Å². The lowest BCUT2D eigenvalue weighted by Gasteiger charge is -2.06. The van der Waals surface area contributed by atoms with Gasteiger partial charge in [-0.2, -0.15) is 9.67 Å². The van der Waals surface area contributed by atoms with Crippen molar-refractivity contribution in [2.24, 2.45) is 0 Å². The van der Waals surface area contributed by atoms with Crippen molar-refractivity contribution in [3.05, 3.63) is 53.1 Å². The largest absolute Gasteiger partial charge is 0.462 e. The second-order valence-electron chi connectivity index (χ2n) is 5.86. The van der Waals surface area contributed by atoms with Gasteiger partial charge in [-0.3, -0.25) is 4.79 Å². The van der Waals surface area contributed by atoms with Gasteiger partial charge in [0.1, 0.15) is 0 Å². The Morgan fingerprint density at radius 2 is 2.07 bits per heavy atom. The van der Waals surface area contributed by atoms with Gasteiger partial charge in [0, 0.05) is 16.1 Å². The van der Waals surface area contributed by atoms with Gasteiger partial charge in [0.25, 0.3) is 5.91 Å². The number of nitrogens with zero attached hydrogens (tertiary/aromatic N) is 3. The van der Waals surface area contributed by atoms with Gasteiger partial charge in [0.15, 0.2) is 17.3 Å². The fraction of sp³-hybridized carbons (Fsp3) is 0.211. The lowest BCUT2D eigenvalue weighted by molar-refractivity contribution is 0.0944. The van der Waals surface area contributed by atoms with E-state index in [-0.39, 0.29) is 18.7 Å². The molecule has 0 fully saturated rings. The number of hydrogen-bond acceptors (Lipinski definition) is 6. The Hall–Kier alpha value is -3.06. The first-order chi connectivity index (χ1) is 13.2. The van der Waals surface area contributed by atoms with Crippen LogP contribution >= 0.6 is 11.6 Å². The standard InChI is InChI=1S/C19H16ClN3O4/c1-2-8-25-19-21-17(12-4-3-5-14(20)9-12)23(22-19)18(24)13-6-7-15-16(10-13)27-11-26-15/h3-7,9-10H,2,8,11H2,1H3. The molecule has 0 amide bonds. The molecule has 0 radical (unpaired) electrons. The number of ether oxygens (including phenoxy) is 3. The molecule has 0 unspecified atom stereocenters. The molecule has 0 N–H and O–H groups in total. The van der Waals surface area contributed by atoms with Gasteiger partial charge in [0.2, 0.25) is 6.79 Å². The van der Waals surface area contributed by atoms with E-state index in [1.54, 1.807) is 36.4 Å². The maximum atomic E-state index is 13.1. The summed E-state index contributed by atoms with van der Waals surface area (Å²) in [6.45, 7) is 2.57. The van der Waals surface area contributed by atoms with Crippen molar-refractivity contribution >= 4 is 17.5 Å². The average molecular weight is 386 g/mol. The highest BCUT2D eigenvalue weighted by Crippen LogP contribution is 2.33. The van der Waals surface area contributed by atoms with Crippen LogP contribution in [0.1, 0.15) is 23.7 Å². The Morgan fingerprint density at radius 1 is 1.22 bits per heavy atom. The molecule has 0 atom stereocenters. The molecule has 1 aliphatic rings. The molecule has 0 spiro atoms. The normalized spacial score (nSPS) is 12.2. The molecule has 2 heterocycles. The second-order valence-corrected chi connectivity index (χ2v) is 6.30. The molecule has 0 saturated carbocycles. The van der Waals surface area contributed by atoms with Crippen molar-refractivity contribution in [1.82, 2.24) is 14.8 Å². The molecule has 0 bridgehead atoms. The molecule has 138 valence electrons. The summed E-state index contributed by atoms with van der Waals surface area (Å²) in [5, 5.41) is 4.78. The van der Waals surface area contributed by atoms with Gasteiger partial charge >= 0.3 is 6.01 Å². The summed E-state index contributed by atoms with van der Waals surface area (Å²) in [6, 6.07) is 12.2. The minimum atomic E-state index is -0.359. The minimum absolute atomic E-state index is 0.138. The van der Waals surface area contributed by atoms with Crippen molar-refractivity contribution in [1.29, 1.82) is 0 Å². The Morgan fingerprint density at radius 3 is 2.89 bits per heavy atom. The molecule has 1 aliphatic heterocycles. The number of carbonyl (C=O) groups excluding carboxylic acids is 1. The van der Waals surface area contributed by atoms with Crippen molar-refractivity contribution in [3.8, 4) is 28.9 Å². The van der Waals surface area contributed by atoms with Gasteiger partial charge in [-0.1, -0.05) is 30.7 Å². The van der Waals surface area contributed by atoms with Crippen LogP contribution in [0.2, 0.25) is 5.02 Å². The van der Waals surface area contributed by atoms with Crippen LogP contribution < -0.4 is 14.2 Å². The predicted molar refractivity (Wildman–Crippen MR) is 98.5 cm³/mol. The zero-order chi connectivity index (χ0) is 18.8. The van der Waals surface area contributed by atoms with Gasteiger partial charge < -0.3 is 14.2 Å². The van der Waals surface area contributed by atoms with Crippen LogP contribution in [0.5, 0.6) is 17.5 Å². The van der Waals surface area contributed by atoms with Crippen molar-refractivity contribution in [2.45, 2.75) is 13.3 Å². The molecular weight excluding hydrogens is 370 g/mol. The third-order valence-corrected chi connectivity index (χ3v) is 4.15. The van der Waals surface area contributed by atoms with Crippen LogP contribution in [-0.2, 0) is 0 Å². The summed E-state index contributed by atoms with van der Waals surface area (Å²) >= 11 is 6.09. The molecule has 0 saturated heterocycles. The van der Waals surface area contributed by atoms with E-state index in [1.807, 2.05) is 13.0 Å². The third kappa shape index (κ3) is 3.46. The van der Waals surface area contributed by atoms with E-state index in [0.717, 1.165) is 6.42 Å². The van der Waals surface area contributed by atoms with Crippen LogP contribution in [0.3, 0.4) is 0 Å². The summed E-state index contributed by atoms with van der Waals surface area (Å²) in [5.41, 5.74) is 1.06. The monoisotopic (exact) mass is 385 g/mol. The van der Waals surface area contributed by atoms with Gasteiger partial charge in [0.05, 0.1) is 6.61 Å². The molecule has 4 rings (SSSR count). The average Bonchev–Trinajstić information content (AvgIpc) is 3.32. The Bertz CT molecular complexity index is 1000. The van der Waals surface area contributed by atoms with E-state index in [4.69, 9.17) is 25.8 Å². The summed E-state index contributed by atoms with van der Waals surface area (Å²) in [4.78, 5) is 17.5. The quantitative estimate of drug-likeness (QED) is 0.664. The number of aromatic nitrogens is 3. The molecule has 2 aromatic carbocycles. The van der Waals surface area contributed by atoms with Crippen LogP contribution in [0.4, 0.5) is 0 Å². The smallest absolute Gasteiger partial charge is 0.336 e. The SMILES string of the molecule is CCCOc1nc(-c2cccc(Cl)c2)n(C(=O)c2ccc3c(c2)OCO3)n1. The minimum Gasteiger partial charge on any atom is -0.462 e. The van der Waals surface area contributed by atoms with Crippen molar-refractivity contribution < 1.29 is 19.0 Å². The molecule has 3 aromatic rings. The van der Waals surface area contributed by atoms with Gasteiger partial charge in [-0.05, 0) is 36.8 Å². The predicted octanol–water partition coefficient (Wildman–Crippen LogP) is 3.80. The highest BCUT2D eigenvalue weighted by atomic mass is 35.5. The summed E-state index contributed by atoms with van der Waals surface area (Å²) in [7, 11) is 0. The summed E-state index contributed by atoms with van der Waals surface area (Å²) in [6.07, 6.45) is 0.803. The Labute approximate surface area is 160 Å². The molecule has 0 aliphatic carbocycles.